The molecule has 21 heavy (non-hydrogen) atoms. The fourth-order valence-corrected chi connectivity index (χ4v) is 4.52. The highest BCUT2D eigenvalue weighted by molar-refractivity contribution is 5.88. The molecule has 1 atom stereocenters. The summed E-state index contributed by atoms with van der Waals surface area (Å²) in [5.74, 6) is 0.342. The number of piperidine rings is 1. The fraction of sp³-hybridized carbons (Fsp3) is 0.941. The average molecular weight is 293 g/mol. The van der Waals surface area contributed by atoms with Gasteiger partial charge in [-0.1, -0.05) is 32.6 Å². The largest absolute Gasteiger partial charge is 0.329 e. The van der Waals surface area contributed by atoms with Gasteiger partial charge in [-0.05, 0) is 32.1 Å². The van der Waals surface area contributed by atoms with Crippen molar-refractivity contribution in [3.05, 3.63) is 0 Å². The van der Waals surface area contributed by atoms with E-state index >= 15 is 0 Å². The first-order chi connectivity index (χ1) is 10.2. The third-order valence-electron chi connectivity index (χ3n) is 5.96. The molecule has 0 aromatic carbocycles. The number of nitrogens with one attached hydrogen (secondary N) is 1. The Morgan fingerprint density at radius 2 is 1.90 bits per heavy atom. The minimum Gasteiger partial charge on any atom is -0.329 e. The summed E-state index contributed by atoms with van der Waals surface area (Å²) >= 11 is 0. The molecule has 3 rings (SSSR count). The Balaban J connectivity index is 1.59. The summed E-state index contributed by atoms with van der Waals surface area (Å²) in [6, 6.07) is 0.799. The quantitative estimate of drug-likeness (QED) is 0.864. The van der Waals surface area contributed by atoms with Gasteiger partial charge in [-0.3, -0.25) is 10.1 Å². The molecular formula is C17H31N3O. The molecular weight excluding hydrogens is 262 g/mol. The number of carbonyl (C=O) groups is 1. The maximum atomic E-state index is 12.7. The first kappa shape index (κ1) is 15.3. The monoisotopic (exact) mass is 293 g/mol. The van der Waals surface area contributed by atoms with Gasteiger partial charge in [0.1, 0.15) is 5.54 Å². The second-order valence-corrected chi connectivity index (χ2v) is 7.27. The van der Waals surface area contributed by atoms with Gasteiger partial charge in [-0.25, -0.2) is 0 Å². The van der Waals surface area contributed by atoms with Crippen LogP contribution in [0.2, 0.25) is 0 Å². The number of likely N-dealkylation sites (N-methyl/N-ethyl adjacent to an activating group) is 1. The zero-order valence-electron chi connectivity index (χ0n) is 13.7. The molecule has 0 aromatic heterocycles. The van der Waals surface area contributed by atoms with Crippen LogP contribution in [-0.4, -0.2) is 53.6 Å². The summed E-state index contributed by atoms with van der Waals surface area (Å²) in [4.78, 5) is 17.3. The fourth-order valence-electron chi connectivity index (χ4n) is 4.52. The molecule has 2 saturated heterocycles. The predicted octanol–water partition coefficient (Wildman–Crippen LogP) is 2.34. The highest BCUT2D eigenvalue weighted by atomic mass is 16.2. The average Bonchev–Trinajstić information content (AvgIpc) is 3.11. The van der Waals surface area contributed by atoms with Crippen molar-refractivity contribution in [2.24, 2.45) is 0 Å². The normalized spacial score (nSPS) is 30.7. The number of hydrogen-bond acceptors (Lipinski definition) is 3. The van der Waals surface area contributed by atoms with Crippen LogP contribution in [0.1, 0.15) is 64.7 Å². The molecule has 3 fully saturated rings. The van der Waals surface area contributed by atoms with Crippen LogP contribution in [0.5, 0.6) is 0 Å². The molecule has 1 spiro atoms. The smallest absolute Gasteiger partial charge is 0.244 e. The van der Waals surface area contributed by atoms with E-state index in [9.17, 15) is 4.79 Å². The lowest BCUT2D eigenvalue weighted by atomic mass is 9.86. The highest BCUT2D eigenvalue weighted by Crippen LogP contribution is 2.34. The van der Waals surface area contributed by atoms with E-state index in [1.807, 2.05) is 11.9 Å². The number of carbonyl (C=O) groups excluding carboxylic acids is 1. The lowest BCUT2D eigenvalue weighted by Gasteiger charge is -2.40. The summed E-state index contributed by atoms with van der Waals surface area (Å²) < 4.78 is 0. The predicted molar refractivity (Wildman–Crippen MR) is 85.0 cm³/mol. The first-order valence-electron chi connectivity index (χ1n) is 8.95. The summed E-state index contributed by atoms with van der Waals surface area (Å²) in [5, 5.41) is 3.70. The van der Waals surface area contributed by atoms with Gasteiger partial charge in [0, 0.05) is 26.2 Å². The van der Waals surface area contributed by atoms with Crippen molar-refractivity contribution in [1.82, 2.24) is 15.1 Å². The zero-order chi connectivity index (χ0) is 14.9. The van der Waals surface area contributed by atoms with Crippen molar-refractivity contribution >= 4 is 5.91 Å². The van der Waals surface area contributed by atoms with Crippen molar-refractivity contribution in [3.63, 3.8) is 0 Å². The zero-order valence-corrected chi connectivity index (χ0v) is 13.7. The van der Waals surface area contributed by atoms with Crippen LogP contribution in [0.25, 0.3) is 0 Å². The SMILES string of the molecule is CCCCC1NC2(CCN(C3CCCC3)CC2)C(=O)N1C. The lowest BCUT2D eigenvalue weighted by Crippen LogP contribution is -2.56. The Labute approximate surface area is 129 Å². The Kier molecular flexibility index (Phi) is 4.55. The molecule has 2 heterocycles. The Hall–Kier alpha value is -0.610. The second-order valence-electron chi connectivity index (χ2n) is 7.27. The van der Waals surface area contributed by atoms with Gasteiger partial charge >= 0.3 is 0 Å². The van der Waals surface area contributed by atoms with Crippen LogP contribution in [0, 0.1) is 0 Å². The van der Waals surface area contributed by atoms with E-state index in [0.29, 0.717) is 5.91 Å². The van der Waals surface area contributed by atoms with Crippen molar-refractivity contribution in [3.8, 4) is 0 Å². The Morgan fingerprint density at radius 3 is 2.52 bits per heavy atom. The molecule has 1 unspecified atom stereocenters. The van der Waals surface area contributed by atoms with Crippen LogP contribution < -0.4 is 5.32 Å². The lowest BCUT2D eigenvalue weighted by molar-refractivity contribution is -0.133. The molecule has 1 N–H and O–H groups in total. The van der Waals surface area contributed by atoms with E-state index in [0.717, 1.165) is 38.4 Å². The van der Waals surface area contributed by atoms with Crippen molar-refractivity contribution in [2.75, 3.05) is 20.1 Å². The third-order valence-corrected chi connectivity index (χ3v) is 5.96. The van der Waals surface area contributed by atoms with Crippen LogP contribution in [-0.2, 0) is 4.79 Å². The maximum absolute atomic E-state index is 12.7. The molecule has 4 nitrogen and oxygen atoms in total. The Morgan fingerprint density at radius 1 is 1.24 bits per heavy atom. The summed E-state index contributed by atoms with van der Waals surface area (Å²) in [6.07, 6.45) is 11.3. The van der Waals surface area contributed by atoms with Crippen LogP contribution in [0.15, 0.2) is 0 Å². The number of hydrogen-bond donors (Lipinski definition) is 1. The molecule has 1 saturated carbocycles. The van der Waals surface area contributed by atoms with Gasteiger partial charge in [0.05, 0.1) is 6.17 Å². The van der Waals surface area contributed by atoms with E-state index in [1.54, 1.807) is 0 Å². The van der Waals surface area contributed by atoms with E-state index in [1.165, 1.54) is 38.5 Å². The highest BCUT2D eigenvalue weighted by Gasteiger charge is 2.51. The molecule has 3 aliphatic rings. The van der Waals surface area contributed by atoms with Crippen LogP contribution in [0.3, 0.4) is 0 Å². The molecule has 120 valence electrons. The van der Waals surface area contributed by atoms with Gasteiger partial charge < -0.3 is 9.80 Å². The maximum Gasteiger partial charge on any atom is 0.244 e. The van der Waals surface area contributed by atoms with Gasteiger partial charge in [0.25, 0.3) is 0 Å². The van der Waals surface area contributed by atoms with Gasteiger partial charge in [0.15, 0.2) is 0 Å². The standard InChI is InChI=1S/C17H31N3O/c1-3-4-9-15-18-17(16(21)19(15)2)10-12-20(13-11-17)14-7-5-6-8-14/h14-15,18H,3-13H2,1-2H3. The number of rotatable bonds is 4. The topological polar surface area (TPSA) is 35.6 Å². The first-order valence-corrected chi connectivity index (χ1v) is 8.95. The summed E-state index contributed by atoms with van der Waals surface area (Å²) in [5.41, 5.74) is -0.248. The van der Waals surface area contributed by atoms with Crippen molar-refractivity contribution in [2.45, 2.75) is 82.5 Å². The van der Waals surface area contributed by atoms with Crippen molar-refractivity contribution in [1.29, 1.82) is 0 Å². The molecule has 2 aliphatic heterocycles. The summed E-state index contributed by atoms with van der Waals surface area (Å²) in [6.45, 7) is 4.40. The minimum atomic E-state index is -0.248. The molecule has 0 bridgehead atoms. The number of amides is 1. The van der Waals surface area contributed by atoms with E-state index in [2.05, 4.69) is 17.1 Å². The number of likely N-dealkylation sites (tertiary alicyclic amines) is 1. The van der Waals surface area contributed by atoms with Gasteiger partial charge in [-0.2, -0.15) is 0 Å². The summed E-state index contributed by atoms with van der Waals surface area (Å²) in [7, 11) is 1.98. The molecule has 1 aliphatic carbocycles. The minimum absolute atomic E-state index is 0.248. The second kappa shape index (κ2) is 6.25. The molecule has 0 aromatic rings. The molecule has 1 amide bonds. The van der Waals surface area contributed by atoms with E-state index in [4.69, 9.17) is 0 Å². The van der Waals surface area contributed by atoms with Gasteiger partial charge in [-0.15, -0.1) is 0 Å². The van der Waals surface area contributed by atoms with E-state index < -0.39 is 0 Å². The van der Waals surface area contributed by atoms with Crippen LogP contribution >= 0.6 is 0 Å². The van der Waals surface area contributed by atoms with E-state index in [-0.39, 0.29) is 11.7 Å². The van der Waals surface area contributed by atoms with Gasteiger partial charge in [0.2, 0.25) is 5.91 Å². The Bertz CT molecular complexity index is 370. The number of unbranched alkanes of at least 4 members (excludes halogenated alkanes) is 1. The molecule has 4 heteroatoms. The third kappa shape index (κ3) is 2.85. The molecule has 0 radical (unpaired) electrons. The van der Waals surface area contributed by atoms with Crippen molar-refractivity contribution < 1.29 is 4.79 Å². The van der Waals surface area contributed by atoms with Crippen LogP contribution in [0.4, 0.5) is 0 Å². The number of nitrogens with zero attached hydrogens (tertiary/aromatic N) is 2.